The summed E-state index contributed by atoms with van der Waals surface area (Å²) in [5.41, 5.74) is 0.715. The third-order valence-corrected chi connectivity index (χ3v) is 4.77. The average Bonchev–Trinajstić information content (AvgIpc) is 2.36. The first-order valence-electron chi connectivity index (χ1n) is 5.78. The summed E-state index contributed by atoms with van der Waals surface area (Å²) in [7, 11) is -3.26. The Kier molecular flexibility index (Phi) is 6.14. The lowest BCUT2D eigenvalue weighted by molar-refractivity contribution is 0.182. The van der Waals surface area contributed by atoms with Gasteiger partial charge in [0.05, 0.1) is 11.9 Å². The van der Waals surface area contributed by atoms with Gasteiger partial charge < -0.3 is 5.11 Å². The van der Waals surface area contributed by atoms with Crippen molar-refractivity contribution in [3.8, 4) is 0 Å². The van der Waals surface area contributed by atoms with Crippen LogP contribution in [-0.2, 0) is 10.0 Å². The molecule has 0 aliphatic carbocycles. The second-order valence-electron chi connectivity index (χ2n) is 3.96. The molecule has 0 saturated heterocycles. The van der Waals surface area contributed by atoms with Gasteiger partial charge in [0.15, 0.2) is 0 Å². The molecule has 0 spiro atoms. The number of rotatable bonds is 7. The molecular weight excluding hydrogens is 270 g/mol. The third kappa shape index (κ3) is 4.97. The minimum atomic E-state index is -3.26. The highest BCUT2D eigenvalue weighted by atomic mass is 32.2. The Morgan fingerprint density at radius 3 is 2.44 bits per heavy atom. The zero-order valence-corrected chi connectivity index (χ0v) is 12.2. The van der Waals surface area contributed by atoms with Crippen molar-refractivity contribution in [2.24, 2.45) is 0 Å². The van der Waals surface area contributed by atoms with Crippen LogP contribution in [0.4, 0.5) is 0 Å². The highest BCUT2D eigenvalue weighted by Gasteiger charge is 2.13. The van der Waals surface area contributed by atoms with Crippen molar-refractivity contribution >= 4 is 21.8 Å². The number of hydrogen-bond acceptors (Lipinski definition) is 4. The highest BCUT2D eigenvalue weighted by molar-refractivity contribution is 7.98. The first-order valence-corrected chi connectivity index (χ1v) is 8.65. The van der Waals surface area contributed by atoms with Gasteiger partial charge in [-0.25, -0.2) is 13.1 Å². The van der Waals surface area contributed by atoms with E-state index in [4.69, 9.17) is 0 Å². The van der Waals surface area contributed by atoms with Crippen LogP contribution in [0.3, 0.4) is 0 Å². The molecule has 1 aromatic carbocycles. The van der Waals surface area contributed by atoms with Gasteiger partial charge in [-0.1, -0.05) is 19.1 Å². The average molecular weight is 289 g/mol. The van der Waals surface area contributed by atoms with E-state index in [9.17, 15) is 13.5 Å². The molecule has 1 aromatic rings. The van der Waals surface area contributed by atoms with Gasteiger partial charge in [-0.3, -0.25) is 0 Å². The molecule has 1 atom stereocenters. The largest absolute Gasteiger partial charge is 0.387 e. The molecule has 0 aliphatic rings. The van der Waals surface area contributed by atoms with Gasteiger partial charge in [0, 0.05) is 11.4 Å². The Labute approximate surface area is 113 Å². The Hall–Kier alpha value is -0.560. The fourth-order valence-electron chi connectivity index (χ4n) is 1.49. The molecule has 0 radical (unpaired) electrons. The van der Waals surface area contributed by atoms with E-state index in [1.165, 1.54) is 0 Å². The number of thioether (sulfide) groups is 1. The van der Waals surface area contributed by atoms with E-state index in [0.29, 0.717) is 12.0 Å². The number of aliphatic hydroxyl groups excluding tert-OH is 1. The quantitative estimate of drug-likeness (QED) is 0.751. The number of hydrogen-bond donors (Lipinski definition) is 2. The van der Waals surface area contributed by atoms with Crippen LogP contribution in [-0.4, -0.2) is 32.1 Å². The Morgan fingerprint density at radius 1 is 1.33 bits per heavy atom. The highest BCUT2D eigenvalue weighted by Crippen LogP contribution is 2.18. The number of sulfonamides is 1. The molecule has 0 fully saturated rings. The molecule has 0 amide bonds. The zero-order valence-electron chi connectivity index (χ0n) is 10.6. The number of benzene rings is 1. The van der Waals surface area contributed by atoms with Crippen LogP contribution in [0.2, 0.25) is 0 Å². The SMILES string of the molecule is CCCS(=O)(=O)NCC(O)c1ccc(SC)cc1. The Bertz CT molecular complexity index is 457. The Balaban J connectivity index is 2.57. The van der Waals surface area contributed by atoms with Crippen molar-refractivity contribution < 1.29 is 13.5 Å². The molecule has 2 N–H and O–H groups in total. The third-order valence-electron chi connectivity index (χ3n) is 2.47. The van der Waals surface area contributed by atoms with Gasteiger partial charge in [0.1, 0.15) is 0 Å². The summed E-state index contributed by atoms with van der Waals surface area (Å²) in [6.07, 6.45) is 1.73. The van der Waals surface area contributed by atoms with Gasteiger partial charge in [-0.05, 0) is 30.4 Å². The molecule has 102 valence electrons. The standard InChI is InChI=1S/C12H19NO3S2/c1-3-8-18(15,16)13-9-12(14)10-4-6-11(17-2)7-5-10/h4-7,12-14H,3,8-9H2,1-2H3. The minimum Gasteiger partial charge on any atom is -0.387 e. The van der Waals surface area contributed by atoms with E-state index in [1.54, 1.807) is 18.7 Å². The van der Waals surface area contributed by atoms with Crippen LogP contribution < -0.4 is 4.72 Å². The van der Waals surface area contributed by atoms with E-state index < -0.39 is 16.1 Å². The van der Waals surface area contributed by atoms with Crippen molar-refractivity contribution in [3.05, 3.63) is 29.8 Å². The van der Waals surface area contributed by atoms with Crippen LogP contribution in [0.1, 0.15) is 25.0 Å². The molecule has 18 heavy (non-hydrogen) atoms. The summed E-state index contributed by atoms with van der Waals surface area (Å²) < 4.78 is 25.3. The van der Waals surface area contributed by atoms with Crippen molar-refractivity contribution in [2.45, 2.75) is 24.3 Å². The van der Waals surface area contributed by atoms with Crippen LogP contribution in [0.5, 0.6) is 0 Å². The van der Waals surface area contributed by atoms with Crippen LogP contribution in [0.15, 0.2) is 29.2 Å². The lowest BCUT2D eigenvalue weighted by Gasteiger charge is -2.12. The van der Waals surface area contributed by atoms with Gasteiger partial charge in [0.2, 0.25) is 10.0 Å². The molecule has 1 rings (SSSR count). The molecule has 1 unspecified atom stereocenters. The zero-order chi connectivity index (χ0) is 13.6. The maximum absolute atomic E-state index is 11.4. The lowest BCUT2D eigenvalue weighted by Crippen LogP contribution is -2.30. The summed E-state index contributed by atoms with van der Waals surface area (Å²) in [6.45, 7) is 1.82. The van der Waals surface area contributed by atoms with E-state index in [2.05, 4.69) is 4.72 Å². The monoisotopic (exact) mass is 289 g/mol. The molecular formula is C12H19NO3S2. The lowest BCUT2D eigenvalue weighted by atomic mass is 10.1. The Morgan fingerprint density at radius 2 is 1.94 bits per heavy atom. The first kappa shape index (κ1) is 15.5. The molecule has 0 aliphatic heterocycles. The maximum Gasteiger partial charge on any atom is 0.211 e. The molecule has 6 heteroatoms. The van der Waals surface area contributed by atoms with Crippen molar-refractivity contribution in [1.29, 1.82) is 0 Å². The summed E-state index contributed by atoms with van der Waals surface area (Å²) in [4.78, 5) is 1.11. The predicted octanol–water partition coefficient (Wildman–Crippen LogP) is 1.77. The second kappa shape index (κ2) is 7.13. The van der Waals surface area contributed by atoms with Gasteiger partial charge in [0.25, 0.3) is 0 Å². The van der Waals surface area contributed by atoms with E-state index in [1.807, 2.05) is 30.5 Å². The van der Waals surface area contributed by atoms with Crippen molar-refractivity contribution in [2.75, 3.05) is 18.6 Å². The van der Waals surface area contributed by atoms with E-state index in [0.717, 1.165) is 4.90 Å². The molecule has 0 heterocycles. The molecule has 0 aromatic heterocycles. The molecule has 0 bridgehead atoms. The molecule has 4 nitrogen and oxygen atoms in total. The predicted molar refractivity (Wildman–Crippen MR) is 75.3 cm³/mol. The van der Waals surface area contributed by atoms with Gasteiger partial charge in [-0.15, -0.1) is 11.8 Å². The van der Waals surface area contributed by atoms with Crippen LogP contribution in [0, 0.1) is 0 Å². The van der Waals surface area contributed by atoms with Crippen LogP contribution in [0.25, 0.3) is 0 Å². The maximum atomic E-state index is 11.4. The minimum absolute atomic E-state index is 0.0148. The van der Waals surface area contributed by atoms with Gasteiger partial charge >= 0.3 is 0 Å². The summed E-state index contributed by atoms with van der Waals surface area (Å²) in [6, 6.07) is 7.43. The fraction of sp³-hybridized carbons (Fsp3) is 0.500. The smallest absolute Gasteiger partial charge is 0.211 e. The van der Waals surface area contributed by atoms with Crippen LogP contribution >= 0.6 is 11.8 Å². The summed E-state index contributed by atoms with van der Waals surface area (Å²) in [5.74, 6) is 0.0884. The fourth-order valence-corrected chi connectivity index (χ4v) is 2.99. The van der Waals surface area contributed by atoms with Crippen molar-refractivity contribution in [3.63, 3.8) is 0 Å². The van der Waals surface area contributed by atoms with Gasteiger partial charge in [-0.2, -0.15) is 0 Å². The second-order valence-corrected chi connectivity index (χ2v) is 6.76. The van der Waals surface area contributed by atoms with Crippen molar-refractivity contribution in [1.82, 2.24) is 4.72 Å². The van der Waals surface area contributed by atoms with E-state index in [-0.39, 0.29) is 12.3 Å². The first-order chi connectivity index (χ1) is 8.48. The topological polar surface area (TPSA) is 66.4 Å². The normalized spacial score (nSPS) is 13.5. The molecule has 0 saturated carbocycles. The summed E-state index contributed by atoms with van der Waals surface area (Å²) >= 11 is 1.62. The number of aliphatic hydroxyl groups is 1. The summed E-state index contributed by atoms with van der Waals surface area (Å²) in [5, 5.41) is 9.88. The number of nitrogens with one attached hydrogen (secondary N) is 1. The van der Waals surface area contributed by atoms with E-state index >= 15 is 0 Å².